The average molecular weight is 542 g/mol. The lowest BCUT2D eigenvalue weighted by Crippen LogP contribution is -2.51. The maximum absolute atomic E-state index is 15.4. The van der Waals surface area contributed by atoms with Crippen LogP contribution in [0.3, 0.4) is 0 Å². The number of fused-ring (bicyclic) bond motifs is 2. The SMILES string of the molecule is COC(C)(C)C(=O)Oc1c2n(ncc1=O)[C@@H](C(c1ccc(F)cc1)c1cccc(F)c1F)[C@H]1CCCN1C2=O. The van der Waals surface area contributed by atoms with Crippen LogP contribution in [0.4, 0.5) is 13.2 Å². The second-order valence-electron chi connectivity index (χ2n) is 10.1. The molecule has 39 heavy (non-hydrogen) atoms. The predicted octanol–water partition coefficient (Wildman–Crippen LogP) is 3.98. The van der Waals surface area contributed by atoms with Gasteiger partial charge in [0.15, 0.2) is 22.9 Å². The molecule has 11 heteroatoms. The molecule has 0 radical (unpaired) electrons. The summed E-state index contributed by atoms with van der Waals surface area (Å²) in [4.78, 5) is 41.0. The first-order chi connectivity index (χ1) is 18.5. The standard InChI is InChI=1S/C28H26F3N3O5/c1-28(2,38-3)27(37)39-25-20(35)14-32-34-23(19-8-5-13-33(19)26(36)24(25)34)21(15-9-11-16(29)12-10-15)17-6-4-7-18(30)22(17)31/h4,6-7,9-12,14,19,21,23H,5,8,13H2,1-3H3/t19-,21?,23-/m1/s1. The molecule has 2 aromatic carbocycles. The largest absolute Gasteiger partial charge is 0.418 e. The summed E-state index contributed by atoms with van der Waals surface area (Å²) in [5.74, 6) is -5.64. The van der Waals surface area contributed by atoms with Crippen LogP contribution in [-0.2, 0) is 9.53 Å². The highest BCUT2D eigenvalue weighted by Crippen LogP contribution is 2.46. The highest BCUT2D eigenvalue weighted by molar-refractivity contribution is 5.97. The number of methoxy groups -OCH3 is 1. The quantitative estimate of drug-likeness (QED) is 0.439. The molecule has 1 aromatic heterocycles. The summed E-state index contributed by atoms with van der Waals surface area (Å²) >= 11 is 0. The normalized spacial score (nSPS) is 19.4. The van der Waals surface area contributed by atoms with Gasteiger partial charge in [-0.15, -0.1) is 0 Å². The third kappa shape index (κ3) is 4.50. The Bertz CT molecular complexity index is 1510. The van der Waals surface area contributed by atoms with Crippen molar-refractivity contribution in [3.63, 3.8) is 0 Å². The molecule has 3 aromatic rings. The van der Waals surface area contributed by atoms with Gasteiger partial charge in [0, 0.05) is 25.1 Å². The van der Waals surface area contributed by atoms with E-state index in [4.69, 9.17) is 9.47 Å². The topological polar surface area (TPSA) is 90.7 Å². The fourth-order valence-electron chi connectivity index (χ4n) is 5.32. The van der Waals surface area contributed by atoms with Crippen molar-refractivity contribution >= 4 is 11.9 Å². The van der Waals surface area contributed by atoms with Gasteiger partial charge >= 0.3 is 5.97 Å². The zero-order chi connectivity index (χ0) is 28.1. The van der Waals surface area contributed by atoms with E-state index in [9.17, 15) is 23.2 Å². The lowest BCUT2D eigenvalue weighted by molar-refractivity contribution is -0.155. The van der Waals surface area contributed by atoms with Gasteiger partial charge in [0.25, 0.3) is 5.91 Å². The van der Waals surface area contributed by atoms with Gasteiger partial charge in [0.2, 0.25) is 11.2 Å². The van der Waals surface area contributed by atoms with Crippen LogP contribution >= 0.6 is 0 Å². The summed E-state index contributed by atoms with van der Waals surface area (Å²) in [6.07, 6.45) is 2.05. The number of hydrogen-bond donors (Lipinski definition) is 0. The lowest BCUT2D eigenvalue weighted by Gasteiger charge is -2.42. The number of esters is 1. The van der Waals surface area contributed by atoms with Crippen LogP contribution in [0.15, 0.2) is 53.5 Å². The molecule has 0 spiro atoms. The highest BCUT2D eigenvalue weighted by atomic mass is 19.2. The lowest BCUT2D eigenvalue weighted by atomic mass is 9.79. The van der Waals surface area contributed by atoms with Crippen molar-refractivity contribution in [2.45, 2.75) is 50.3 Å². The van der Waals surface area contributed by atoms with Gasteiger partial charge in [-0.2, -0.15) is 5.10 Å². The van der Waals surface area contributed by atoms with Gasteiger partial charge in [-0.25, -0.2) is 22.6 Å². The van der Waals surface area contributed by atoms with Crippen LogP contribution in [0.25, 0.3) is 0 Å². The van der Waals surface area contributed by atoms with Crippen LogP contribution in [0, 0.1) is 17.5 Å². The molecule has 0 saturated carbocycles. The number of carbonyl (C=O) groups is 2. The van der Waals surface area contributed by atoms with Crippen molar-refractivity contribution in [2.75, 3.05) is 13.7 Å². The van der Waals surface area contributed by atoms with E-state index in [0.717, 1.165) is 12.3 Å². The molecule has 1 fully saturated rings. The first-order valence-electron chi connectivity index (χ1n) is 12.4. The number of nitrogens with zero attached hydrogens (tertiary/aromatic N) is 3. The molecule has 1 unspecified atom stereocenters. The van der Waals surface area contributed by atoms with Crippen molar-refractivity contribution in [1.29, 1.82) is 0 Å². The zero-order valence-corrected chi connectivity index (χ0v) is 21.5. The molecule has 8 nitrogen and oxygen atoms in total. The average Bonchev–Trinajstić information content (AvgIpc) is 3.41. The maximum atomic E-state index is 15.4. The summed E-state index contributed by atoms with van der Waals surface area (Å²) in [7, 11) is 1.30. The van der Waals surface area contributed by atoms with Gasteiger partial charge in [-0.1, -0.05) is 24.3 Å². The molecule has 0 N–H and O–H groups in total. The smallest absolute Gasteiger partial charge is 0.343 e. The molecule has 2 aliphatic heterocycles. The third-order valence-electron chi connectivity index (χ3n) is 7.49. The molecule has 0 aliphatic carbocycles. The van der Waals surface area contributed by atoms with Crippen molar-refractivity contribution < 1.29 is 32.2 Å². The predicted molar refractivity (Wildman–Crippen MR) is 133 cm³/mol. The number of halogens is 3. The Kier molecular flexibility index (Phi) is 6.79. The first-order valence-corrected chi connectivity index (χ1v) is 12.4. The minimum atomic E-state index is -1.43. The minimum absolute atomic E-state index is 0.0293. The number of carbonyl (C=O) groups excluding carboxylic acids is 2. The number of aromatic nitrogens is 2. The molecule has 1 amide bonds. The number of ether oxygens (including phenoxy) is 2. The molecule has 3 atom stereocenters. The van der Waals surface area contributed by atoms with Crippen LogP contribution in [0.2, 0.25) is 0 Å². The van der Waals surface area contributed by atoms with Crippen LogP contribution in [0.5, 0.6) is 5.75 Å². The Morgan fingerprint density at radius 1 is 1.10 bits per heavy atom. The Morgan fingerprint density at radius 2 is 1.82 bits per heavy atom. The second kappa shape index (κ2) is 9.96. The van der Waals surface area contributed by atoms with Crippen LogP contribution in [0.1, 0.15) is 60.3 Å². The summed E-state index contributed by atoms with van der Waals surface area (Å²) in [6, 6.07) is 7.75. The van der Waals surface area contributed by atoms with Crippen molar-refractivity contribution in [1.82, 2.24) is 14.7 Å². The van der Waals surface area contributed by atoms with Gasteiger partial charge in [-0.3, -0.25) is 9.59 Å². The van der Waals surface area contributed by atoms with E-state index < -0.39 is 64.1 Å². The summed E-state index contributed by atoms with van der Waals surface area (Å²) in [5, 5.41) is 4.25. The maximum Gasteiger partial charge on any atom is 0.343 e. The number of benzene rings is 2. The van der Waals surface area contributed by atoms with Crippen LogP contribution in [-0.4, -0.2) is 51.9 Å². The number of hydrogen-bond acceptors (Lipinski definition) is 6. The van der Waals surface area contributed by atoms with E-state index in [1.807, 2.05) is 0 Å². The van der Waals surface area contributed by atoms with Crippen molar-refractivity contribution in [3.05, 3.63) is 93.2 Å². The summed E-state index contributed by atoms with van der Waals surface area (Å²) in [6.45, 7) is 3.22. The second-order valence-corrected chi connectivity index (χ2v) is 10.1. The molecular weight excluding hydrogens is 515 g/mol. The molecule has 1 saturated heterocycles. The summed E-state index contributed by atoms with van der Waals surface area (Å²) < 4.78 is 55.6. The van der Waals surface area contributed by atoms with Crippen molar-refractivity contribution in [3.8, 4) is 5.75 Å². The number of amides is 1. The zero-order valence-electron chi connectivity index (χ0n) is 21.5. The fourth-order valence-corrected chi connectivity index (χ4v) is 5.32. The van der Waals surface area contributed by atoms with Crippen molar-refractivity contribution in [2.24, 2.45) is 0 Å². The molecule has 2 aliphatic rings. The van der Waals surface area contributed by atoms with Crippen LogP contribution < -0.4 is 10.2 Å². The molecule has 0 bridgehead atoms. The Hall–Kier alpha value is -3.99. The third-order valence-corrected chi connectivity index (χ3v) is 7.49. The Morgan fingerprint density at radius 3 is 2.51 bits per heavy atom. The van der Waals surface area contributed by atoms with E-state index in [1.54, 1.807) is 0 Å². The van der Waals surface area contributed by atoms with Gasteiger partial charge in [0.05, 0.1) is 18.3 Å². The molecule has 204 valence electrons. The van der Waals surface area contributed by atoms with E-state index in [-0.39, 0.29) is 11.3 Å². The molecule has 5 rings (SSSR count). The monoisotopic (exact) mass is 541 g/mol. The van der Waals surface area contributed by atoms with E-state index >= 15 is 4.39 Å². The highest BCUT2D eigenvalue weighted by Gasteiger charge is 2.49. The summed E-state index contributed by atoms with van der Waals surface area (Å²) in [5.41, 5.74) is -2.10. The fraction of sp³-hybridized carbons (Fsp3) is 0.357. The molecule has 3 heterocycles. The van der Waals surface area contributed by atoms with Gasteiger partial charge in [0.1, 0.15) is 5.82 Å². The van der Waals surface area contributed by atoms with Gasteiger partial charge in [-0.05, 0) is 50.5 Å². The Balaban J connectivity index is 1.76. The van der Waals surface area contributed by atoms with E-state index in [0.29, 0.717) is 24.9 Å². The Labute approximate surface area is 221 Å². The molecular formula is C28H26F3N3O5. The van der Waals surface area contributed by atoms with E-state index in [1.165, 1.54) is 66.9 Å². The minimum Gasteiger partial charge on any atom is -0.418 e. The number of rotatable bonds is 6. The van der Waals surface area contributed by atoms with Gasteiger partial charge < -0.3 is 14.4 Å². The first kappa shape index (κ1) is 26.6. The van der Waals surface area contributed by atoms with E-state index in [2.05, 4.69) is 5.10 Å².